The predicted octanol–water partition coefficient (Wildman–Crippen LogP) is 2.31. The van der Waals surface area contributed by atoms with Crippen LogP contribution in [0.25, 0.3) is 0 Å². The van der Waals surface area contributed by atoms with Crippen LogP contribution in [-0.2, 0) is 0 Å². The first-order chi connectivity index (χ1) is 8.81. The molecule has 1 unspecified atom stereocenters. The smallest absolute Gasteiger partial charge is 0.206 e. The molecule has 4 nitrogen and oxygen atoms in total. The molecule has 0 radical (unpaired) electrons. The van der Waals surface area contributed by atoms with Crippen LogP contribution < -0.4 is 16.6 Å². The van der Waals surface area contributed by atoms with Crippen molar-refractivity contribution < 1.29 is 0 Å². The molecule has 4 N–H and O–H groups in total. The molecule has 2 saturated carbocycles. The second kappa shape index (κ2) is 6.98. The number of hydrazine groups is 1. The lowest BCUT2D eigenvalue weighted by Crippen LogP contribution is -2.47. The van der Waals surface area contributed by atoms with E-state index in [2.05, 4.69) is 17.7 Å². The molecule has 2 aliphatic rings. The van der Waals surface area contributed by atoms with E-state index in [1.165, 1.54) is 51.4 Å². The Bertz CT molecular complexity index is 267. The number of guanidine groups is 1. The van der Waals surface area contributed by atoms with Gasteiger partial charge in [0.2, 0.25) is 5.96 Å². The van der Waals surface area contributed by atoms with E-state index in [9.17, 15) is 0 Å². The number of nitrogens with two attached hydrogens (primary N) is 1. The Labute approximate surface area is 111 Å². The Morgan fingerprint density at radius 3 is 2.50 bits per heavy atom. The summed E-state index contributed by atoms with van der Waals surface area (Å²) in [4.78, 5) is 4.74. The van der Waals surface area contributed by atoms with Crippen LogP contribution in [0.3, 0.4) is 0 Å². The van der Waals surface area contributed by atoms with Gasteiger partial charge in [-0.15, -0.1) is 0 Å². The van der Waals surface area contributed by atoms with Crippen LogP contribution in [0.15, 0.2) is 4.99 Å². The molecule has 18 heavy (non-hydrogen) atoms. The fraction of sp³-hybridized carbons (Fsp3) is 0.929. The second-order valence-electron chi connectivity index (χ2n) is 5.84. The van der Waals surface area contributed by atoms with Crippen LogP contribution in [-0.4, -0.2) is 18.0 Å². The third-order valence-corrected chi connectivity index (χ3v) is 4.17. The highest BCUT2D eigenvalue weighted by atomic mass is 15.3. The van der Waals surface area contributed by atoms with E-state index in [-0.39, 0.29) is 0 Å². The summed E-state index contributed by atoms with van der Waals surface area (Å²) in [7, 11) is 0. The summed E-state index contributed by atoms with van der Waals surface area (Å²) in [6.45, 7) is 2.23. The number of nitrogens with one attached hydrogen (secondary N) is 2. The summed E-state index contributed by atoms with van der Waals surface area (Å²) >= 11 is 0. The van der Waals surface area contributed by atoms with Gasteiger partial charge in [0.1, 0.15) is 0 Å². The number of nitrogens with zero attached hydrogens (tertiary/aromatic N) is 1. The summed E-state index contributed by atoms with van der Waals surface area (Å²) in [5.74, 6) is 7.34. The van der Waals surface area contributed by atoms with Crippen LogP contribution in [0, 0.1) is 5.92 Å². The average Bonchev–Trinajstić information content (AvgIpc) is 3.22. The normalized spacial score (nSPS) is 23.8. The monoisotopic (exact) mass is 252 g/mol. The van der Waals surface area contributed by atoms with Crippen molar-refractivity contribution in [1.82, 2.24) is 10.7 Å². The lowest BCUT2D eigenvalue weighted by Gasteiger charge is -2.22. The van der Waals surface area contributed by atoms with Crippen molar-refractivity contribution in [2.75, 3.05) is 0 Å². The van der Waals surface area contributed by atoms with Crippen LogP contribution in [0.4, 0.5) is 0 Å². The summed E-state index contributed by atoms with van der Waals surface area (Å²) in [6.07, 6.45) is 11.6. The van der Waals surface area contributed by atoms with E-state index in [4.69, 9.17) is 10.8 Å². The topological polar surface area (TPSA) is 62.4 Å². The number of aliphatic imine (C=N–C) groups is 1. The molecule has 4 heteroatoms. The predicted molar refractivity (Wildman–Crippen MR) is 76.2 cm³/mol. The molecule has 2 aliphatic carbocycles. The summed E-state index contributed by atoms with van der Waals surface area (Å²) < 4.78 is 0. The third kappa shape index (κ3) is 4.48. The first-order valence-electron chi connectivity index (χ1n) is 7.62. The van der Waals surface area contributed by atoms with Crippen LogP contribution in [0.2, 0.25) is 0 Å². The van der Waals surface area contributed by atoms with Gasteiger partial charge in [0, 0.05) is 6.04 Å². The molecular weight excluding hydrogens is 224 g/mol. The minimum Gasteiger partial charge on any atom is -0.353 e. The molecule has 1 atom stereocenters. The zero-order chi connectivity index (χ0) is 12.8. The quantitative estimate of drug-likeness (QED) is 0.304. The zero-order valence-corrected chi connectivity index (χ0v) is 11.6. The maximum absolute atomic E-state index is 5.60. The molecule has 2 rings (SSSR count). The molecule has 0 aromatic heterocycles. The minimum absolute atomic E-state index is 0.468. The highest BCUT2D eigenvalue weighted by Crippen LogP contribution is 2.34. The first-order valence-corrected chi connectivity index (χ1v) is 7.62. The van der Waals surface area contributed by atoms with Gasteiger partial charge in [-0.2, -0.15) is 0 Å². The third-order valence-electron chi connectivity index (χ3n) is 4.17. The van der Waals surface area contributed by atoms with Gasteiger partial charge in [-0.3, -0.25) is 5.43 Å². The fourth-order valence-electron chi connectivity index (χ4n) is 2.79. The molecule has 104 valence electrons. The Morgan fingerprint density at radius 1 is 1.22 bits per heavy atom. The lowest BCUT2D eigenvalue weighted by molar-refractivity contribution is 0.437. The molecule has 0 aromatic rings. The average molecular weight is 252 g/mol. The van der Waals surface area contributed by atoms with E-state index < -0.39 is 0 Å². The van der Waals surface area contributed by atoms with Gasteiger partial charge in [-0.25, -0.2) is 10.8 Å². The molecule has 2 fully saturated rings. The fourth-order valence-corrected chi connectivity index (χ4v) is 2.79. The molecule has 0 spiro atoms. The van der Waals surface area contributed by atoms with Crippen molar-refractivity contribution in [2.24, 2.45) is 16.8 Å². The highest BCUT2D eigenvalue weighted by Gasteiger charge is 2.25. The van der Waals surface area contributed by atoms with Gasteiger partial charge in [0.15, 0.2) is 0 Å². The first kappa shape index (κ1) is 13.7. The van der Waals surface area contributed by atoms with E-state index in [1.807, 2.05) is 0 Å². The molecule has 0 saturated heterocycles. The van der Waals surface area contributed by atoms with E-state index >= 15 is 0 Å². The van der Waals surface area contributed by atoms with Crippen molar-refractivity contribution in [3.63, 3.8) is 0 Å². The van der Waals surface area contributed by atoms with Crippen LogP contribution >= 0.6 is 0 Å². The van der Waals surface area contributed by atoms with Crippen LogP contribution in [0.5, 0.6) is 0 Å². The zero-order valence-electron chi connectivity index (χ0n) is 11.6. The second-order valence-corrected chi connectivity index (χ2v) is 5.84. The molecule has 0 amide bonds. The standard InChI is InChI=1S/C14H28N4/c1-2-12(10-11-8-9-11)16-14(18-15)17-13-6-4-3-5-7-13/h11-13H,2-10,15H2,1H3,(H2,16,17,18). The summed E-state index contributed by atoms with van der Waals surface area (Å²) in [5.41, 5.74) is 2.75. The van der Waals surface area contributed by atoms with Gasteiger partial charge in [-0.1, -0.05) is 39.0 Å². The summed E-state index contributed by atoms with van der Waals surface area (Å²) in [5, 5.41) is 3.49. The van der Waals surface area contributed by atoms with Crippen LogP contribution in [0.1, 0.15) is 64.7 Å². The summed E-state index contributed by atoms with van der Waals surface area (Å²) in [6, 6.07) is 0.992. The number of hydrogen-bond acceptors (Lipinski definition) is 2. The minimum atomic E-state index is 0.468. The number of rotatable bonds is 5. The van der Waals surface area contributed by atoms with Crippen molar-refractivity contribution in [3.8, 4) is 0 Å². The maximum Gasteiger partial charge on any atom is 0.206 e. The molecule has 0 aromatic carbocycles. The van der Waals surface area contributed by atoms with Gasteiger partial charge >= 0.3 is 0 Å². The van der Waals surface area contributed by atoms with E-state index in [1.54, 1.807) is 0 Å². The van der Waals surface area contributed by atoms with Crippen molar-refractivity contribution in [2.45, 2.75) is 76.8 Å². The molecular formula is C14H28N4. The van der Waals surface area contributed by atoms with Gasteiger partial charge < -0.3 is 5.32 Å². The van der Waals surface area contributed by atoms with Crippen molar-refractivity contribution in [3.05, 3.63) is 0 Å². The largest absolute Gasteiger partial charge is 0.353 e. The highest BCUT2D eigenvalue weighted by molar-refractivity contribution is 5.79. The van der Waals surface area contributed by atoms with E-state index in [0.717, 1.165) is 18.3 Å². The SMILES string of the molecule is CCC(CC1CC1)NC(=NC1CCCCC1)NN. The lowest BCUT2D eigenvalue weighted by atomic mass is 9.96. The molecule has 0 aliphatic heterocycles. The molecule has 0 heterocycles. The van der Waals surface area contributed by atoms with E-state index in [0.29, 0.717) is 12.1 Å². The Morgan fingerprint density at radius 2 is 1.94 bits per heavy atom. The Kier molecular flexibility index (Phi) is 5.29. The maximum atomic E-state index is 5.60. The molecule has 0 bridgehead atoms. The van der Waals surface area contributed by atoms with Gasteiger partial charge in [0.25, 0.3) is 0 Å². The van der Waals surface area contributed by atoms with Gasteiger partial charge in [0.05, 0.1) is 6.04 Å². The van der Waals surface area contributed by atoms with Crippen molar-refractivity contribution in [1.29, 1.82) is 0 Å². The Balaban J connectivity index is 1.83. The van der Waals surface area contributed by atoms with Crippen molar-refractivity contribution >= 4 is 5.96 Å². The van der Waals surface area contributed by atoms with Gasteiger partial charge in [-0.05, 0) is 31.6 Å². The number of hydrogen-bond donors (Lipinski definition) is 3. The Hall–Kier alpha value is -0.770.